The van der Waals surface area contributed by atoms with Gasteiger partial charge < -0.3 is 0 Å². The Morgan fingerprint density at radius 3 is 0.917 bits per heavy atom. The van der Waals surface area contributed by atoms with Crippen LogP contribution < -0.4 is 0 Å². The topological polar surface area (TPSA) is 0 Å². The van der Waals surface area contributed by atoms with E-state index in [1.54, 1.807) is 0 Å². The molecule has 2 unspecified atom stereocenters. The summed E-state index contributed by atoms with van der Waals surface area (Å²) in [6.45, 7) is 13.2. The van der Waals surface area contributed by atoms with Crippen LogP contribution in [0.5, 0.6) is 0 Å². The van der Waals surface area contributed by atoms with Crippen molar-refractivity contribution in [1.29, 1.82) is 0 Å². The second kappa shape index (κ2) is 11.0. The van der Waals surface area contributed by atoms with Gasteiger partial charge in [0.25, 0.3) is 0 Å². The van der Waals surface area contributed by atoms with Crippen molar-refractivity contribution in [3.63, 3.8) is 0 Å². The standard InChI is InChI=1S/C6H12.2C3H8/c1-5-3-4-6(5)2;2*1-3-2/h5-6H,3-4H2,1-2H3;2*3H2,1-2H3. The van der Waals surface area contributed by atoms with Gasteiger partial charge in [-0.2, -0.15) is 0 Å². The van der Waals surface area contributed by atoms with Crippen molar-refractivity contribution in [1.82, 2.24) is 0 Å². The van der Waals surface area contributed by atoms with E-state index in [1.807, 2.05) is 0 Å². The minimum atomic E-state index is 1.03. The van der Waals surface area contributed by atoms with E-state index in [9.17, 15) is 0 Å². The van der Waals surface area contributed by atoms with Gasteiger partial charge in [-0.05, 0) is 11.8 Å². The highest BCUT2D eigenvalue weighted by Crippen LogP contribution is 2.32. The molecule has 1 aliphatic carbocycles. The van der Waals surface area contributed by atoms with Crippen molar-refractivity contribution in [3.8, 4) is 0 Å². The Balaban J connectivity index is 0. The van der Waals surface area contributed by atoms with Gasteiger partial charge in [0, 0.05) is 0 Å². The SMILES string of the molecule is CC1CCC1C.CCC.CCC. The zero-order valence-electron chi connectivity index (χ0n) is 9.98. The maximum absolute atomic E-state index is 2.33. The molecule has 12 heavy (non-hydrogen) atoms. The maximum atomic E-state index is 2.33. The van der Waals surface area contributed by atoms with Gasteiger partial charge in [0.15, 0.2) is 0 Å². The van der Waals surface area contributed by atoms with E-state index in [0.29, 0.717) is 0 Å². The Morgan fingerprint density at radius 2 is 0.917 bits per heavy atom. The average molecular weight is 172 g/mol. The summed E-state index contributed by atoms with van der Waals surface area (Å²) in [6, 6.07) is 0. The number of rotatable bonds is 0. The third-order valence-corrected chi connectivity index (χ3v) is 2.05. The predicted octanol–water partition coefficient (Wildman–Crippen LogP) is 4.89. The summed E-state index contributed by atoms with van der Waals surface area (Å²) in [5.41, 5.74) is 0. The minimum Gasteiger partial charge on any atom is -0.0656 e. The summed E-state index contributed by atoms with van der Waals surface area (Å²) in [6.07, 6.45) is 5.45. The van der Waals surface area contributed by atoms with Gasteiger partial charge in [-0.15, -0.1) is 0 Å². The van der Waals surface area contributed by atoms with Crippen LogP contribution >= 0.6 is 0 Å². The summed E-state index contributed by atoms with van der Waals surface area (Å²) in [7, 11) is 0. The van der Waals surface area contributed by atoms with Crippen LogP contribution in [0.4, 0.5) is 0 Å². The van der Waals surface area contributed by atoms with E-state index in [-0.39, 0.29) is 0 Å². The molecule has 0 spiro atoms. The molecule has 0 saturated heterocycles. The van der Waals surface area contributed by atoms with Crippen LogP contribution in [0.3, 0.4) is 0 Å². The Hall–Kier alpha value is 0. The third kappa shape index (κ3) is 10.0. The second-order valence-electron chi connectivity index (χ2n) is 3.95. The van der Waals surface area contributed by atoms with Gasteiger partial charge >= 0.3 is 0 Å². The molecule has 0 aromatic heterocycles. The fraction of sp³-hybridized carbons (Fsp3) is 1.00. The first kappa shape index (κ1) is 14.5. The van der Waals surface area contributed by atoms with Crippen LogP contribution in [0.15, 0.2) is 0 Å². The van der Waals surface area contributed by atoms with Gasteiger partial charge in [0.05, 0.1) is 0 Å². The van der Waals surface area contributed by atoms with Crippen LogP contribution in [-0.2, 0) is 0 Å². The average Bonchev–Trinajstić information content (AvgIpc) is 2.04. The Morgan fingerprint density at radius 1 is 0.750 bits per heavy atom. The molecule has 0 amide bonds. The van der Waals surface area contributed by atoms with Gasteiger partial charge in [-0.3, -0.25) is 0 Å². The first-order valence-electron chi connectivity index (χ1n) is 5.63. The lowest BCUT2D eigenvalue weighted by Gasteiger charge is -2.29. The third-order valence-electron chi connectivity index (χ3n) is 2.05. The fourth-order valence-electron chi connectivity index (χ4n) is 0.833. The molecule has 0 bridgehead atoms. The molecule has 1 aliphatic rings. The molecule has 0 aliphatic heterocycles. The van der Waals surface area contributed by atoms with Crippen molar-refractivity contribution in [3.05, 3.63) is 0 Å². The van der Waals surface area contributed by atoms with E-state index >= 15 is 0 Å². The van der Waals surface area contributed by atoms with Crippen LogP contribution in [0, 0.1) is 11.8 Å². The lowest BCUT2D eigenvalue weighted by molar-refractivity contribution is 0.219. The van der Waals surface area contributed by atoms with Gasteiger partial charge in [0.2, 0.25) is 0 Å². The zero-order chi connectivity index (χ0) is 9.98. The van der Waals surface area contributed by atoms with Crippen LogP contribution in [0.2, 0.25) is 0 Å². The molecule has 1 rings (SSSR count). The van der Waals surface area contributed by atoms with Crippen molar-refractivity contribution in [2.45, 2.75) is 67.2 Å². The monoisotopic (exact) mass is 172 g/mol. The molecule has 0 aromatic carbocycles. The first-order valence-corrected chi connectivity index (χ1v) is 5.63. The maximum Gasteiger partial charge on any atom is -0.0417 e. The van der Waals surface area contributed by atoms with E-state index in [1.165, 1.54) is 25.7 Å². The molecular weight excluding hydrogens is 144 g/mol. The first-order chi connectivity index (χ1) is 5.63. The molecule has 1 saturated carbocycles. The summed E-state index contributed by atoms with van der Waals surface area (Å²) < 4.78 is 0. The minimum absolute atomic E-state index is 1.03. The van der Waals surface area contributed by atoms with Crippen LogP contribution in [0.1, 0.15) is 67.2 Å². The fourth-order valence-corrected chi connectivity index (χ4v) is 0.833. The van der Waals surface area contributed by atoms with Gasteiger partial charge in [-0.1, -0.05) is 67.2 Å². The van der Waals surface area contributed by atoms with E-state index in [4.69, 9.17) is 0 Å². The number of hydrogen-bond acceptors (Lipinski definition) is 0. The molecule has 76 valence electrons. The summed E-state index contributed by atoms with van der Waals surface area (Å²) in [4.78, 5) is 0. The van der Waals surface area contributed by atoms with Crippen molar-refractivity contribution in [2.75, 3.05) is 0 Å². The highest BCUT2D eigenvalue weighted by Gasteiger charge is 2.20. The van der Waals surface area contributed by atoms with E-state index in [2.05, 4.69) is 41.5 Å². The van der Waals surface area contributed by atoms with Crippen LogP contribution in [-0.4, -0.2) is 0 Å². The Kier molecular flexibility index (Phi) is 13.3. The Labute approximate surface area is 79.8 Å². The van der Waals surface area contributed by atoms with E-state index < -0.39 is 0 Å². The highest BCUT2D eigenvalue weighted by atomic mass is 14.3. The normalized spacial score (nSPS) is 25.5. The summed E-state index contributed by atoms with van der Waals surface area (Å²) >= 11 is 0. The molecule has 0 heteroatoms. The van der Waals surface area contributed by atoms with Crippen molar-refractivity contribution >= 4 is 0 Å². The molecule has 0 radical (unpaired) electrons. The smallest absolute Gasteiger partial charge is 0.0417 e. The molecule has 0 nitrogen and oxygen atoms in total. The van der Waals surface area contributed by atoms with E-state index in [0.717, 1.165) is 11.8 Å². The molecule has 0 aromatic rings. The van der Waals surface area contributed by atoms with Crippen LogP contribution in [0.25, 0.3) is 0 Å². The van der Waals surface area contributed by atoms with Gasteiger partial charge in [-0.25, -0.2) is 0 Å². The quantitative estimate of drug-likeness (QED) is 0.488. The molecular formula is C12H28. The molecule has 2 atom stereocenters. The Bertz CT molecular complexity index is 56.4. The van der Waals surface area contributed by atoms with Crippen molar-refractivity contribution < 1.29 is 0 Å². The summed E-state index contributed by atoms with van der Waals surface area (Å²) in [5.74, 6) is 2.06. The highest BCUT2D eigenvalue weighted by molar-refractivity contribution is 4.71. The lowest BCUT2D eigenvalue weighted by Crippen LogP contribution is -2.18. The largest absolute Gasteiger partial charge is 0.0656 e. The zero-order valence-corrected chi connectivity index (χ0v) is 9.98. The number of hydrogen-bond donors (Lipinski definition) is 0. The molecule has 1 fully saturated rings. The predicted molar refractivity (Wildman–Crippen MR) is 59.5 cm³/mol. The second-order valence-corrected chi connectivity index (χ2v) is 3.95. The van der Waals surface area contributed by atoms with Crippen molar-refractivity contribution in [2.24, 2.45) is 11.8 Å². The molecule has 0 N–H and O–H groups in total. The lowest BCUT2D eigenvalue weighted by atomic mass is 9.77. The summed E-state index contributed by atoms with van der Waals surface area (Å²) in [5, 5.41) is 0. The van der Waals surface area contributed by atoms with Gasteiger partial charge in [0.1, 0.15) is 0 Å². The molecule has 0 heterocycles.